The van der Waals surface area contributed by atoms with Crippen molar-refractivity contribution in [3.05, 3.63) is 37.1 Å². The zero-order chi connectivity index (χ0) is 7.52. The molecule has 0 aromatic rings. The van der Waals surface area contributed by atoms with Crippen LogP contribution in [0.4, 0.5) is 0 Å². The molecule has 1 heteroatoms. The van der Waals surface area contributed by atoms with Gasteiger partial charge in [0.05, 0.1) is 0 Å². The Morgan fingerprint density at radius 1 is 1.00 bits per heavy atom. The minimum Gasteiger partial charge on any atom is -1.00 e. The van der Waals surface area contributed by atoms with E-state index in [0.717, 1.165) is 0 Å². The average molecular weight is 304 g/mol. The molecule has 0 saturated carbocycles. The van der Waals surface area contributed by atoms with Crippen LogP contribution >= 0.6 is 0 Å². The maximum Gasteiger partial charge on any atom is -1.00 e. The standard InChI is InChI=1S/2C5H5.Yb.H/c2*1-2-4-5-3-1;;/h2*1-3H,4H2;;/q;;+1;-1. The Bertz CT molecular complexity index is 244. The van der Waals surface area contributed by atoms with E-state index in [0.29, 0.717) is 42.4 Å². The van der Waals surface area contributed by atoms with Crippen molar-refractivity contribution in [3.63, 3.8) is 0 Å². The number of allylic oxidation sites excluding steroid dienone is 8. The molecule has 2 rings (SSSR count). The molecule has 0 nitrogen and oxygen atoms in total. The smallest absolute Gasteiger partial charge is 1.00 e. The summed E-state index contributed by atoms with van der Waals surface area (Å²) in [5.41, 5.74) is 0. The summed E-state index contributed by atoms with van der Waals surface area (Å²) in [5.74, 6) is 0. The minimum atomic E-state index is 0. The van der Waals surface area contributed by atoms with E-state index in [1.807, 2.05) is 0 Å². The normalized spacial score (nSPS) is 21.1. The Morgan fingerprint density at radius 3 is 1.91 bits per heavy atom. The maximum absolute atomic E-state index is 2.26. The molecule has 0 amide bonds. The first-order valence-corrected chi connectivity index (χ1v) is 5.42. The Labute approximate surface area is 92.4 Å². The molecular formula is C10H11Yb. The average Bonchev–Trinajstić information content (AvgIpc) is 2.60. The van der Waals surface area contributed by atoms with Crippen LogP contribution in [0.2, 0.25) is 0 Å². The quantitative estimate of drug-likeness (QED) is 0.736. The van der Waals surface area contributed by atoms with Crippen molar-refractivity contribution in [1.29, 1.82) is 0 Å². The van der Waals surface area contributed by atoms with Crippen molar-refractivity contribution in [1.82, 2.24) is 0 Å². The second-order valence-electron chi connectivity index (χ2n) is 2.42. The van der Waals surface area contributed by atoms with Gasteiger partial charge in [0, 0.05) is 0 Å². The van der Waals surface area contributed by atoms with Crippen LogP contribution in [0.3, 0.4) is 0 Å². The molecular weight excluding hydrogens is 293 g/mol. The first-order valence-electron chi connectivity index (χ1n) is 3.70. The summed E-state index contributed by atoms with van der Waals surface area (Å²) < 4.78 is 3.22. The van der Waals surface area contributed by atoms with Crippen LogP contribution in [0.1, 0.15) is 14.3 Å². The molecule has 0 N–H and O–H groups in total. The van der Waals surface area contributed by atoms with E-state index in [1.165, 1.54) is 12.8 Å². The SMILES string of the molecule is C1=CC[C]([Yb+][C]2=CC=CC2)=C1.[H-]. The Kier molecular flexibility index (Phi) is 2.89. The van der Waals surface area contributed by atoms with Gasteiger partial charge in [-0.2, -0.15) is 0 Å². The van der Waals surface area contributed by atoms with E-state index in [4.69, 9.17) is 0 Å². The summed E-state index contributed by atoms with van der Waals surface area (Å²) in [6, 6.07) is 0. The molecule has 2 aliphatic rings. The molecule has 0 atom stereocenters. The van der Waals surface area contributed by atoms with Gasteiger partial charge in [-0.1, -0.05) is 0 Å². The predicted molar refractivity (Wildman–Crippen MR) is 44.8 cm³/mol. The molecule has 0 aliphatic heterocycles. The number of hydrogen-bond acceptors (Lipinski definition) is 0. The van der Waals surface area contributed by atoms with Gasteiger partial charge in [0.2, 0.25) is 0 Å². The maximum atomic E-state index is 2.26. The third kappa shape index (κ3) is 2.21. The third-order valence-electron chi connectivity index (χ3n) is 1.54. The van der Waals surface area contributed by atoms with Gasteiger partial charge in [-0.25, -0.2) is 0 Å². The van der Waals surface area contributed by atoms with E-state index < -0.39 is 0 Å². The largest absolute Gasteiger partial charge is 1.00 e. The van der Waals surface area contributed by atoms with Gasteiger partial charge in [0.1, 0.15) is 0 Å². The Balaban J connectivity index is 0.000000720. The van der Waals surface area contributed by atoms with Crippen LogP contribution in [0.25, 0.3) is 0 Å². The van der Waals surface area contributed by atoms with E-state index >= 15 is 0 Å². The predicted octanol–water partition coefficient (Wildman–Crippen LogP) is 2.87. The van der Waals surface area contributed by atoms with Crippen LogP contribution < -0.4 is 0 Å². The molecule has 0 saturated heterocycles. The second-order valence-corrected chi connectivity index (χ2v) is 5.05. The molecule has 0 radical (unpaired) electrons. The second kappa shape index (κ2) is 3.93. The summed E-state index contributed by atoms with van der Waals surface area (Å²) >= 11 is 0.693. The van der Waals surface area contributed by atoms with Crippen LogP contribution in [-0.2, 0) is 0 Å². The van der Waals surface area contributed by atoms with Gasteiger partial charge in [-0.05, 0) is 0 Å². The first kappa shape index (κ1) is 8.09. The molecule has 0 aromatic carbocycles. The van der Waals surface area contributed by atoms with Gasteiger partial charge in [0.15, 0.2) is 0 Å². The van der Waals surface area contributed by atoms with Crippen molar-refractivity contribution in [2.75, 3.05) is 0 Å². The van der Waals surface area contributed by atoms with Crippen molar-refractivity contribution in [3.8, 4) is 0 Å². The van der Waals surface area contributed by atoms with Crippen molar-refractivity contribution < 1.29 is 43.8 Å². The summed E-state index contributed by atoms with van der Waals surface area (Å²) in [6.45, 7) is 0. The van der Waals surface area contributed by atoms with E-state index in [9.17, 15) is 0 Å². The summed E-state index contributed by atoms with van der Waals surface area (Å²) in [5, 5.41) is 0. The Hall–Kier alpha value is 0.479. The van der Waals surface area contributed by atoms with Gasteiger partial charge in [0.25, 0.3) is 0 Å². The van der Waals surface area contributed by atoms with E-state index in [-0.39, 0.29) is 1.43 Å². The third-order valence-corrected chi connectivity index (χ3v) is 3.91. The Morgan fingerprint density at radius 2 is 1.55 bits per heavy atom. The van der Waals surface area contributed by atoms with Crippen LogP contribution in [0, 0.1) is 42.4 Å². The molecule has 0 fully saturated rings. The molecule has 0 bridgehead atoms. The monoisotopic (exact) mass is 305 g/mol. The zero-order valence-corrected chi connectivity index (χ0v) is 7.86. The molecule has 65 valence electrons. The van der Waals surface area contributed by atoms with E-state index in [1.54, 1.807) is 0.663 Å². The van der Waals surface area contributed by atoms with E-state index in [2.05, 4.69) is 36.5 Å². The van der Waals surface area contributed by atoms with Gasteiger partial charge in [-0.15, -0.1) is 0 Å². The summed E-state index contributed by atoms with van der Waals surface area (Å²) in [6.07, 6.45) is 15.7. The fourth-order valence-electron chi connectivity index (χ4n) is 1.00. The van der Waals surface area contributed by atoms with Crippen molar-refractivity contribution in [2.24, 2.45) is 0 Å². The van der Waals surface area contributed by atoms with Gasteiger partial charge >= 0.3 is 92.3 Å². The van der Waals surface area contributed by atoms with Crippen LogP contribution in [-0.4, -0.2) is 0 Å². The molecule has 0 spiro atoms. The molecule has 0 heterocycles. The minimum absolute atomic E-state index is 0. The topological polar surface area (TPSA) is 0 Å². The van der Waals surface area contributed by atoms with Crippen LogP contribution in [0.15, 0.2) is 37.1 Å². The van der Waals surface area contributed by atoms with Gasteiger partial charge in [-0.3, -0.25) is 0 Å². The first-order chi connectivity index (χ1) is 5.45. The molecule has 2 aliphatic carbocycles. The fourth-order valence-corrected chi connectivity index (χ4v) is 3.08. The summed E-state index contributed by atoms with van der Waals surface area (Å²) in [7, 11) is 0. The fraction of sp³-hybridized carbons (Fsp3) is 0.200. The van der Waals surface area contributed by atoms with Crippen molar-refractivity contribution in [2.45, 2.75) is 12.8 Å². The van der Waals surface area contributed by atoms with Gasteiger partial charge < -0.3 is 1.43 Å². The molecule has 11 heavy (non-hydrogen) atoms. The zero-order valence-electron chi connectivity index (χ0n) is 7.15. The van der Waals surface area contributed by atoms with Crippen LogP contribution in [0.5, 0.6) is 0 Å². The number of rotatable bonds is 2. The summed E-state index contributed by atoms with van der Waals surface area (Å²) in [4.78, 5) is 0. The molecule has 0 unspecified atom stereocenters. The van der Waals surface area contributed by atoms with Crippen molar-refractivity contribution >= 4 is 0 Å². The molecule has 0 aromatic heterocycles. The number of hydrogen-bond donors (Lipinski definition) is 0.